The molecule has 2 nitrogen and oxygen atoms in total. The second kappa shape index (κ2) is 5.49. The highest BCUT2D eigenvalue weighted by atomic mass is 28.3. The van der Waals surface area contributed by atoms with Gasteiger partial charge in [-0.2, -0.15) is 0 Å². The lowest BCUT2D eigenvalue weighted by Gasteiger charge is -2.17. The predicted molar refractivity (Wildman–Crippen MR) is 85.7 cm³/mol. The van der Waals surface area contributed by atoms with Crippen molar-refractivity contribution in [2.75, 3.05) is 12.4 Å². The van der Waals surface area contributed by atoms with Crippen molar-refractivity contribution in [3.63, 3.8) is 0 Å². The summed E-state index contributed by atoms with van der Waals surface area (Å²) in [5.41, 5.74) is 2.19. The molecule has 0 amide bonds. The van der Waals surface area contributed by atoms with Gasteiger partial charge in [0.05, 0.1) is 15.2 Å². The molecule has 0 unspecified atom stereocenters. The summed E-state index contributed by atoms with van der Waals surface area (Å²) >= 11 is 0. The Labute approximate surface area is 116 Å². The fraction of sp³-hybridized carbons (Fsp3) is 0.250. The highest BCUT2D eigenvalue weighted by molar-refractivity contribution is 6.88. The molecule has 0 heterocycles. The van der Waals surface area contributed by atoms with Gasteiger partial charge in [0.25, 0.3) is 0 Å². The molecule has 0 aliphatic carbocycles. The summed E-state index contributed by atoms with van der Waals surface area (Å²) in [7, 11) is 0.473. The van der Waals surface area contributed by atoms with Crippen LogP contribution in [0.15, 0.2) is 48.5 Å². The third-order valence-corrected chi connectivity index (χ3v) is 5.20. The number of hydrogen-bond donors (Lipinski definition) is 1. The van der Waals surface area contributed by atoms with Gasteiger partial charge < -0.3 is 10.1 Å². The van der Waals surface area contributed by atoms with Gasteiger partial charge in [-0.15, -0.1) is 0 Å². The van der Waals surface area contributed by atoms with Gasteiger partial charge in [0.15, 0.2) is 0 Å². The first-order valence-corrected chi connectivity index (χ1v) is 10.0. The molecular weight excluding hydrogens is 250 g/mol. The van der Waals surface area contributed by atoms with Crippen LogP contribution in [0.3, 0.4) is 0 Å². The van der Waals surface area contributed by atoms with Gasteiger partial charge >= 0.3 is 0 Å². The molecule has 0 fully saturated rings. The fourth-order valence-corrected chi connectivity index (χ4v) is 3.06. The zero-order valence-corrected chi connectivity index (χ0v) is 13.0. The number of anilines is 2. The van der Waals surface area contributed by atoms with Crippen LogP contribution in [0.2, 0.25) is 19.6 Å². The molecule has 0 atom stereocenters. The van der Waals surface area contributed by atoms with Gasteiger partial charge in [0.2, 0.25) is 0 Å². The van der Waals surface area contributed by atoms with Crippen molar-refractivity contribution in [3.8, 4) is 5.75 Å². The first kappa shape index (κ1) is 13.7. The van der Waals surface area contributed by atoms with E-state index in [4.69, 9.17) is 4.74 Å². The van der Waals surface area contributed by atoms with Crippen LogP contribution in [0.25, 0.3) is 0 Å². The van der Waals surface area contributed by atoms with Gasteiger partial charge in [-0.3, -0.25) is 0 Å². The fourth-order valence-electron chi connectivity index (χ4n) is 1.89. The normalized spacial score (nSPS) is 11.2. The standard InChI is InChI=1S/C16H21NOSi/c1-18-15-9-5-13(6-10-15)17-14-7-11-16(12-8-14)19(2,3)4/h5-12,17H,1-4H3. The lowest BCUT2D eigenvalue weighted by atomic mass is 10.2. The Morgan fingerprint density at radius 3 is 1.68 bits per heavy atom. The first-order valence-electron chi connectivity index (χ1n) is 6.51. The van der Waals surface area contributed by atoms with E-state index in [9.17, 15) is 0 Å². The van der Waals surface area contributed by atoms with Crippen LogP contribution in [0, 0.1) is 0 Å². The summed E-state index contributed by atoms with van der Waals surface area (Å²) in [5, 5.41) is 4.87. The van der Waals surface area contributed by atoms with Gasteiger partial charge in [0.1, 0.15) is 5.75 Å². The zero-order valence-electron chi connectivity index (χ0n) is 12.0. The average Bonchev–Trinajstić information content (AvgIpc) is 2.39. The number of benzene rings is 2. The lowest BCUT2D eigenvalue weighted by molar-refractivity contribution is 0.415. The number of ether oxygens (including phenoxy) is 1. The Morgan fingerprint density at radius 2 is 1.26 bits per heavy atom. The number of methoxy groups -OCH3 is 1. The van der Waals surface area contributed by atoms with Crippen LogP contribution >= 0.6 is 0 Å². The molecule has 2 rings (SSSR count). The van der Waals surface area contributed by atoms with E-state index in [0.29, 0.717) is 0 Å². The monoisotopic (exact) mass is 271 g/mol. The predicted octanol–water partition coefficient (Wildman–Crippen LogP) is 3.98. The summed E-state index contributed by atoms with van der Waals surface area (Å²) in [6.45, 7) is 7.08. The van der Waals surface area contributed by atoms with Gasteiger partial charge in [-0.1, -0.05) is 37.0 Å². The Balaban J connectivity index is 2.10. The van der Waals surface area contributed by atoms with E-state index in [1.807, 2.05) is 24.3 Å². The zero-order chi connectivity index (χ0) is 13.9. The molecule has 0 saturated heterocycles. The van der Waals surface area contributed by atoms with E-state index in [0.717, 1.165) is 17.1 Å². The Morgan fingerprint density at radius 1 is 0.789 bits per heavy atom. The molecule has 2 aromatic carbocycles. The van der Waals surface area contributed by atoms with Crippen molar-refractivity contribution in [1.29, 1.82) is 0 Å². The molecule has 19 heavy (non-hydrogen) atoms. The first-order chi connectivity index (χ1) is 8.99. The third kappa shape index (κ3) is 3.61. The molecule has 0 aliphatic rings. The smallest absolute Gasteiger partial charge is 0.119 e. The van der Waals surface area contributed by atoms with Crippen molar-refractivity contribution in [2.24, 2.45) is 0 Å². The van der Waals surface area contributed by atoms with E-state index >= 15 is 0 Å². The minimum Gasteiger partial charge on any atom is -0.497 e. The second-order valence-corrected chi connectivity index (χ2v) is 10.8. The molecule has 0 bridgehead atoms. The largest absolute Gasteiger partial charge is 0.497 e. The van der Waals surface area contributed by atoms with Crippen molar-refractivity contribution < 1.29 is 4.74 Å². The van der Waals surface area contributed by atoms with Crippen LogP contribution in [-0.4, -0.2) is 15.2 Å². The SMILES string of the molecule is COc1ccc(Nc2ccc([Si](C)(C)C)cc2)cc1. The molecule has 0 aliphatic heterocycles. The topological polar surface area (TPSA) is 21.3 Å². The maximum Gasteiger partial charge on any atom is 0.119 e. The Bertz CT molecular complexity index is 526. The third-order valence-electron chi connectivity index (χ3n) is 3.13. The highest BCUT2D eigenvalue weighted by Gasteiger charge is 2.15. The minimum atomic E-state index is -1.20. The van der Waals surface area contributed by atoms with E-state index in [-0.39, 0.29) is 0 Å². The molecule has 100 valence electrons. The summed E-state index contributed by atoms with van der Waals surface area (Å²) < 4.78 is 5.15. The van der Waals surface area contributed by atoms with Crippen LogP contribution in [0.4, 0.5) is 11.4 Å². The molecule has 0 radical (unpaired) electrons. The van der Waals surface area contributed by atoms with Crippen LogP contribution in [-0.2, 0) is 0 Å². The van der Waals surface area contributed by atoms with Gasteiger partial charge in [-0.05, 0) is 36.4 Å². The molecule has 3 heteroatoms. The van der Waals surface area contributed by atoms with Crippen molar-refractivity contribution in [3.05, 3.63) is 48.5 Å². The van der Waals surface area contributed by atoms with E-state index in [2.05, 4.69) is 49.2 Å². The van der Waals surface area contributed by atoms with Gasteiger partial charge in [-0.25, -0.2) is 0 Å². The van der Waals surface area contributed by atoms with E-state index in [1.165, 1.54) is 5.19 Å². The summed E-state index contributed by atoms with van der Waals surface area (Å²) in [4.78, 5) is 0. The molecule has 2 aromatic rings. The molecule has 1 N–H and O–H groups in total. The molecular formula is C16H21NOSi. The number of hydrogen-bond acceptors (Lipinski definition) is 2. The summed E-state index contributed by atoms with van der Waals surface area (Å²) in [6, 6.07) is 16.7. The minimum absolute atomic E-state index is 0.875. The molecule has 0 spiro atoms. The Kier molecular flexibility index (Phi) is 3.95. The lowest BCUT2D eigenvalue weighted by Crippen LogP contribution is -2.37. The Hall–Kier alpha value is -1.74. The molecule has 0 saturated carbocycles. The summed E-state index contributed by atoms with van der Waals surface area (Å²) in [5.74, 6) is 0.875. The van der Waals surface area contributed by atoms with E-state index in [1.54, 1.807) is 7.11 Å². The van der Waals surface area contributed by atoms with Gasteiger partial charge in [0, 0.05) is 11.4 Å². The quantitative estimate of drug-likeness (QED) is 0.849. The average molecular weight is 271 g/mol. The summed E-state index contributed by atoms with van der Waals surface area (Å²) in [6.07, 6.45) is 0. The van der Waals surface area contributed by atoms with Crippen LogP contribution in [0.1, 0.15) is 0 Å². The highest BCUT2D eigenvalue weighted by Crippen LogP contribution is 2.19. The van der Waals surface area contributed by atoms with Crippen molar-refractivity contribution in [1.82, 2.24) is 0 Å². The van der Waals surface area contributed by atoms with E-state index < -0.39 is 8.07 Å². The van der Waals surface area contributed by atoms with Crippen molar-refractivity contribution in [2.45, 2.75) is 19.6 Å². The molecule has 0 aromatic heterocycles. The van der Waals surface area contributed by atoms with Crippen molar-refractivity contribution >= 4 is 24.6 Å². The number of nitrogens with one attached hydrogen (secondary N) is 1. The van der Waals surface area contributed by atoms with Crippen LogP contribution in [0.5, 0.6) is 5.75 Å². The van der Waals surface area contributed by atoms with Crippen LogP contribution < -0.4 is 15.2 Å². The second-order valence-electron chi connectivity index (χ2n) is 5.68. The maximum atomic E-state index is 5.15. The number of rotatable bonds is 4. The maximum absolute atomic E-state index is 5.15.